The number of nitrogens with one attached hydrogen (secondary N) is 1. The lowest BCUT2D eigenvalue weighted by Gasteiger charge is -2.21. The molecule has 20 heavy (non-hydrogen) atoms. The van der Waals surface area contributed by atoms with Crippen molar-refractivity contribution in [2.75, 3.05) is 13.2 Å². The van der Waals surface area contributed by atoms with E-state index in [9.17, 15) is 0 Å². The fraction of sp³-hybridized carbons (Fsp3) is 0.625. The molecule has 0 aromatic heterocycles. The predicted molar refractivity (Wildman–Crippen MR) is 96.1 cm³/mol. The van der Waals surface area contributed by atoms with Gasteiger partial charge in [-0.25, -0.2) is 0 Å². The van der Waals surface area contributed by atoms with E-state index in [-0.39, 0.29) is 0 Å². The van der Waals surface area contributed by atoms with Crippen LogP contribution >= 0.6 is 38.5 Å². The minimum Gasteiger partial charge on any atom is -0.378 e. The molecule has 1 aliphatic heterocycles. The van der Waals surface area contributed by atoms with Crippen LogP contribution in [0.15, 0.2) is 22.7 Å². The Bertz CT molecular complexity index is 421. The summed E-state index contributed by atoms with van der Waals surface area (Å²) < 4.78 is 8.22. The third kappa shape index (κ3) is 4.97. The Morgan fingerprint density at radius 3 is 3.05 bits per heavy atom. The zero-order chi connectivity index (χ0) is 14.4. The average molecular weight is 452 g/mol. The van der Waals surface area contributed by atoms with Crippen molar-refractivity contribution in [3.63, 3.8) is 0 Å². The van der Waals surface area contributed by atoms with Gasteiger partial charge in [0.15, 0.2) is 0 Å². The Morgan fingerprint density at radius 2 is 2.35 bits per heavy atom. The lowest BCUT2D eigenvalue weighted by molar-refractivity contribution is 0.101. The molecule has 0 radical (unpaired) electrons. The highest BCUT2D eigenvalue weighted by molar-refractivity contribution is 14.1. The van der Waals surface area contributed by atoms with Gasteiger partial charge in [-0.15, -0.1) is 0 Å². The van der Waals surface area contributed by atoms with E-state index in [4.69, 9.17) is 4.74 Å². The fourth-order valence-electron chi connectivity index (χ4n) is 2.82. The van der Waals surface area contributed by atoms with Gasteiger partial charge in [0.2, 0.25) is 0 Å². The van der Waals surface area contributed by atoms with Gasteiger partial charge in [0, 0.05) is 20.7 Å². The van der Waals surface area contributed by atoms with Crippen LogP contribution in [0.4, 0.5) is 0 Å². The molecule has 112 valence electrons. The lowest BCUT2D eigenvalue weighted by atomic mass is 9.99. The maximum atomic E-state index is 5.71. The summed E-state index contributed by atoms with van der Waals surface area (Å²) in [6.07, 6.45) is 6.59. The minimum atomic E-state index is 0.436. The van der Waals surface area contributed by atoms with E-state index in [0.29, 0.717) is 12.1 Å². The van der Waals surface area contributed by atoms with Crippen LogP contribution in [-0.4, -0.2) is 19.3 Å². The van der Waals surface area contributed by atoms with E-state index < -0.39 is 0 Å². The maximum absolute atomic E-state index is 5.71. The maximum Gasteiger partial charge on any atom is 0.0576 e. The van der Waals surface area contributed by atoms with Crippen LogP contribution in [0.1, 0.15) is 50.6 Å². The summed E-state index contributed by atoms with van der Waals surface area (Å²) in [5, 5.41) is 3.62. The Hall–Kier alpha value is 0.350. The van der Waals surface area contributed by atoms with Crippen LogP contribution in [0.5, 0.6) is 0 Å². The van der Waals surface area contributed by atoms with Crippen molar-refractivity contribution in [3.05, 3.63) is 31.8 Å². The molecule has 0 amide bonds. The van der Waals surface area contributed by atoms with Crippen LogP contribution < -0.4 is 5.32 Å². The normalized spacial score (nSPS) is 20.2. The third-order valence-corrected chi connectivity index (χ3v) is 5.22. The number of rotatable bonds is 7. The highest BCUT2D eigenvalue weighted by Gasteiger charge is 2.18. The van der Waals surface area contributed by atoms with Crippen molar-refractivity contribution in [2.24, 2.45) is 0 Å². The Labute approximate surface area is 144 Å². The molecule has 1 heterocycles. The highest BCUT2D eigenvalue weighted by Crippen LogP contribution is 2.29. The second kappa shape index (κ2) is 8.71. The van der Waals surface area contributed by atoms with Crippen molar-refractivity contribution in [3.8, 4) is 0 Å². The molecule has 1 aromatic rings. The molecule has 1 aliphatic rings. The first-order chi connectivity index (χ1) is 9.70. The molecule has 0 bridgehead atoms. The topological polar surface area (TPSA) is 21.3 Å². The smallest absolute Gasteiger partial charge is 0.0576 e. The number of hydrogen-bond donors (Lipinski definition) is 1. The van der Waals surface area contributed by atoms with Gasteiger partial charge in [-0.3, -0.25) is 0 Å². The van der Waals surface area contributed by atoms with Gasteiger partial charge >= 0.3 is 0 Å². The van der Waals surface area contributed by atoms with Crippen LogP contribution in [0.3, 0.4) is 0 Å². The van der Waals surface area contributed by atoms with Gasteiger partial charge in [0.1, 0.15) is 0 Å². The van der Waals surface area contributed by atoms with Gasteiger partial charge in [-0.05, 0) is 85.0 Å². The summed E-state index contributed by atoms with van der Waals surface area (Å²) in [4.78, 5) is 0. The molecule has 1 fully saturated rings. The van der Waals surface area contributed by atoms with Gasteiger partial charge in [-0.1, -0.05) is 22.9 Å². The zero-order valence-corrected chi connectivity index (χ0v) is 15.7. The minimum absolute atomic E-state index is 0.436. The van der Waals surface area contributed by atoms with Crippen molar-refractivity contribution in [1.29, 1.82) is 0 Å². The van der Waals surface area contributed by atoms with Crippen molar-refractivity contribution in [1.82, 2.24) is 5.32 Å². The third-order valence-electron chi connectivity index (χ3n) is 3.83. The first-order valence-electron chi connectivity index (χ1n) is 7.50. The lowest BCUT2D eigenvalue weighted by Crippen LogP contribution is -2.22. The standard InChI is InChI=1S/C16H23BrINO/c1-2-19-16(7-3-5-13-6-4-10-20-13)14-11-12(18)8-9-15(14)17/h8-9,11,13,16,19H,2-7,10H2,1H3. The van der Waals surface area contributed by atoms with E-state index in [2.05, 4.69) is 69.0 Å². The monoisotopic (exact) mass is 451 g/mol. The summed E-state index contributed by atoms with van der Waals surface area (Å²) in [6, 6.07) is 7.01. The number of hydrogen-bond acceptors (Lipinski definition) is 2. The predicted octanol–water partition coefficient (Wildman–Crippen LogP) is 5.05. The van der Waals surface area contributed by atoms with E-state index in [0.717, 1.165) is 13.2 Å². The summed E-state index contributed by atoms with van der Waals surface area (Å²) in [6.45, 7) is 4.14. The Balaban J connectivity index is 1.93. The number of ether oxygens (including phenoxy) is 1. The second-order valence-corrected chi connectivity index (χ2v) is 7.44. The second-order valence-electron chi connectivity index (χ2n) is 5.34. The molecule has 1 N–H and O–H groups in total. The largest absolute Gasteiger partial charge is 0.378 e. The number of halogens is 2. The van der Waals surface area contributed by atoms with Crippen molar-refractivity contribution in [2.45, 2.75) is 51.2 Å². The molecule has 2 nitrogen and oxygen atoms in total. The molecule has 0 spiro atoms. The molecule has 2 atom stereocenters. The Kier molecular flexibility index (Phi) is 7.28. The van der Waals surface area contributed by atoms with Crippen LogP contribution in [0.25, 0.3) is 0 Å². The molecular weight excluding hydrogens is 429 g/mol. The van der Waals surface area contributed by atoms with Crippen molar-refractivity contribution < 1.29 is 4.74 Å². The van der Waals surface area contributed by atoms with Crippen LogP contribution in [0, 0.1) is 3.57 Å². The summed E-state index contributed by atoms with van der Waals surface area (Å²) >= 11 is 6.08. The summed E-state index contributed by atoms with van der Waals surface area (Å²) in [5.74, 6) is 0. The molecule has 2 rings (SSSR count). The fourth-order valence-corrected chi connectivity index (χ4v) is 3.86. The van der Waals surface area contributed by atoms with Gasteiger partial charge in [0.05, 0.1) is 6.10 Å². The molecule has 1 aromatic carbocycles. The Morgan fingerprint density at radius 1 is 1.50 bits per heavy atom. The van der Waals surface area contributed by atoms with E-state index in [1.165, 1.54) is 45.7 Å². The average Bonchev–Trinajstić information content (AvgIpc) is 2.94. The summed E-state index contributed by atoms with van der Waals surface area (Å²) in [5.41, 5.74) is 1.38. The summed E-state index contributed by atoms with van der Waals surface area (Å²) in [7, 11) is 0. The molecular formula is C16H23BrINO. The molecule has 1 saturated heterocycles. The zero-order valence-electron chi connectivity index (χ0n) is 12.0. The number of benzene rings is 1. The van der Waals surface area contributed by atoms with Gasteiger partial charge in [-0.2, -0.15) is 0 Å². The van der Waals surface area contributed by atoms with Gasteiger partial charge in [0.25, 0.3) is 0 Å². The van der Waals surface area contributed by atoms with Crippen LogP contribution in [-0.2, 0) is 4.74 Å². The quantitative estimate of drug-likeness (QED) is 0.585. The van der Waals surface area contributed by atoms with E-state index >= 15 is 0 Å². The first-order valence-corrected chi connectivity index (χ1v) is 9.37. The highest BCUT2D eigenvalue weighted by atomic mass is 127. The SMILES string of the molecule is CCNC(CCCC1CCCO1)c1cc(I)ccc1Br. The van der Waals surface area contributed by atoms with E-state index in [1.54, 1.807) is 0 Å². The molecule has 2 unspecified atom stereocenters. The van der Waals surface area contributed by atoms with Crippen LogP contribution in [0.2, 0.25) is 0 Å². The van der Waals surface area contributed by atoms with Gasteiger partial charge < -0.3 is 10.1 Å². The molecule has 0 aliphatic carbocycles. The first kappa shape index (κ1) is 16.7. The van der Waals surface area contributed by atoms with Crippen molar-refractivity contribution >= 4 is 38.5 Å². The van der Waals surface area contributed by atoms with E-state index in [1.807, 2.05) is 0 Å². The molecule has 4 heteroatoms. The molecule has 0 saturated carbocycles.